The molecule has 3 unspecified atom stereocenters. The fourth-order valence-corrected chi connectivity index (χ4v) is 3.21. The molecule has 0 aliphatic carbocycles. The molecule has 0 saturated carbocycles. The van der Waals surface area contributed by atoms with E-state index in [0.717, 1.165) is 13.0 Å². The molecule has 0 radical (unpaired) electrons. The van der Waals surface area contributed by atoms with Gasteiger partial charge in [-0.3, -0.25) is 4.21 Å². The molecule has 1 aromatic rings. The second-order valence-corrected chi connectivity index (χ2v) is 6.07. The Bertz CT molecular complexity index is 383. The topological polar surface area (TPSA) is 29.1 Å². The maximum Gasteiger partial charge on any atom is 0.139 e. The molecule has 0 aliphatic rings. The monoisotopic (exact) mass is 257 g/mol. The highest BCUT2D eigenvalue weighted by molar-refractivity contribution is 7.85. The van der Waals surface area contributed by atoms with Crippen LogP contribution in [0.25, 0.3) is 0 Å². The number of hydrogen-bond acceptors (Lipinski definition) is 2. The fraction of sp³-hybridized carbons (Fsp3) is 0.538. The average molecular weight is 257 g/mol. The first-order valence-electron chi connectivity index (χ1n) is 5.94. The zero-order valence-electron chi connectivity index (χ0n) is 10.6. The number of hydrogen-bond donors (Lipinski definition) is 1. The van der Waals surface area contributed by atoms with E-state index >= 15 is 0 Å². The molecule has 0 aliphatic heterocycles. The van der Waals surface area contributed by atoms with Crippen LogP contribution in [0.3, 0.4) is 0 Å². The molecule has 96 valence electrons. The lowest BCUT2D eigenvalue weighted by Gasteiger charge is -2.17. The van der Waals surface area contributed by atoms with Gasteiger partial charge in [0.15, 0.2) is 0 Å². The molecule has 0 saturated heterocycles. The summed E-state index contributed by atoms with van der Waals surface area (Å²) in [6.07, 6.45) is 0.773. The van der Waals surface area contributed by atoms with Gasteiger partial charge >= 0.3 is 0 Å². The van der Waals surface area contributed by atoms with Crippen LogP contribution in [0.2, 0.25) is 0 Å². The molecule has 4 heteroatoms. The Morgan fingerprint density at radius 1 is 1.35 bits per heavy atom. The van der Waals surface area contributed by atoms with E-state index < -0.39 is 10.8 Å². The van der Waals surface area contributed by atoms with E-state index in [2.05, 4.69) is 12.2 Å². The summed E-state index contributed by atoms with van der Waals surface area (Å²) in [5, 5.41) is 3.21. The lowest BCUT2D eigenvalue weighted by Crippen LogP contribution is -2.30. The largest absolute Gasteiger partial charge is 0.314 e. The Labute approximate surface area is 105 Å². The maximum absolute atomic E-state index is 13.5. The molecular weight excluding hydrogens is 237 g/mol. The summed E-state index contributed by atoms with van der Waals surface area (Å²) in [6, 6.07) is 6.58. The minimum Gasteiger partial charge on any atom is -0.314 e. The van der Waals surface area contributed by atoms with Gasteiger partial charge in [0.2, 0.25) is 0 Å². The van der Waals surface area contributed by atoms with E-state index in [4.69, 9.17) is 0 Å². The molecule has 1 rings (SSSR count). The van der Waals surface area contributed by atoms with Crippen LogP contribution in [0.1, 0.15) is 27.2 Å². The van der Waals surface area contributed by atoms with Crippen LogP contribution in [0, 0.1) is 5.82 Å². The standard InChI is InChI=1S/C13H20FNOS/c1-4-15-10(2)9-11(3)17(16)13-8-6-5-7-12(13)14/h5-8,10-11,15H,4,9H2,1-3H3. The number of rotatable bonds is 6. The summed E-state index contributed by atoms with van der Waals surface area (Å²) in [7, 11) is -1.28. The number of halogens is 1. The first-order valence-corrected chi connectivity index (χ1v) is 7.16. The van der Waals surface area contributed by atoms with Crippen LogP contribution in [-0.4, -0.2) is 22.0 Å². The van der Waals surface area contributed by atoms with Crippen molar-refractivity contribution in [2.45, 2.75) is 43.4 Å². The van der Waals surface area contributed by atoms with E-state index in [-0.39, 0.29) is 11.1 Å². The van der Waals surface area contributed by atoms with Crippen LogP contribution in [0.5, 0.6) is 0 Å². The van der Waals surface area contributed by atoms with Crippen molar-refractivity contribution in [2.24, 2.45) is 0 Å². The summed E-state index contributed by atoms with van der Waals surface area (Å²) in [4.78, 5) is 0.309. The van der Waals surface area contributed by atoms with Gasteiger partial charge in [0, 0.05) is 11.3 Å². The lowest BCUT2D eigenvalue weighted by molar-refractivity contribution is 0.522. The van der Waals surface area contributed by atoms with Gasteiger partial charge in [-0.1, -0.05) is 26.0 Å². The predicted molar refractivity (Wildman–Crippen MR) is 70.0 cm³/mol. The van der Waals surface area contributed by atoms with Crippen LogP contribution in [-0.2, 0) is 10.8 Å². The zero-order valence-corrected chi connectivity index (χ0v) is 11.4. The van der Waals surface area contributed by atoms with Crippen molar-refractivity contribution in [1.82, 2.24) is 5.32 Å². The van der Waals surface area contributed by atoms with Gasteiger partial charge < -0.3 is 5.32 Å². The van der Waals surface area contributed by atoms with Gasteiger partial charge in [-0.05, 0) is 32.0 Å². The molecular formula is C13H20FNOS. The van der Waals surface area contributed by atoms with Crippen molar-refractivity contribution in [3.05, 3.63) is 30.1 Å². The molecule has 0 spiro atoms. The molecule has 0 heterocycles. The van der Waals surface area contributed by atoms with E-state index in [9.17, 15) is 8.60 Å². The van der Waals surface area contributed by atoms with Crippen molar-refractivity contribution < 1.29 is 8.60 Å². The summed E-state index contributed by atoms with van der Waals surface area (Å²) < 4.78 is 25.6. The van der Waals surface area contributed by atoms with Gasteiger partial charge in [-0.2, -0.15) is 0 Å². The minimum absolute atomic E-state index is 0.0547. The SMILES string of the molecule is CCNC(C)CC(C)S(=O)c1ccccc1F. The van der Waals surface area contributed by atoms with Crippen LogP contribution < -0.4 is 5.32 Å². The van der Waals surface area contributed by atoms with E-state index in [1.54, 1.807) is 18.2 Å². The van der Waals surface area contributed by atoms with Crippen LogP contribution in [0.15, 0.2) is 29.2 Å². The average Bonchev–Trinajstić information content (AvgIpc) is 2.29. The quantitative estimate of drug-likeness (QED) is 0.849. The van der Waals surface area contributed by atoms with Gasteiger partial charge in [0.1, 0.15) is 5.82 Å². The first kappa shape index (κ1) is 14.3. The Kier molecular flexibility index (Phi) is 5.78. The Morgan fingerprint density at radius 2 is 2.00 bits per heavy atom. The molecule has 17 heavy (non-hydrogen) atoms. The van der Waals surface area contributed by atoms with Crippen molar-refractivity contribution in [3.8, 4) is 0 Å². The third-order valence-corrected chi connectivity index (χ3v) is 4.34. The number of benzene rings is 1. The molecule has 3 atom stereocenters. The zero-order chi connectivity index (χ0) is 12.8. The molecule has 2 nitrogen and oxygen atoms in total. The highest BCUT2D eigenvalue weighted by Gasteiger charge is 2.18. The highest BCUT2D eigenvalue weighted by Crippen LogP contribution is 2.17. The Morgan fingerprint density at radius 3 is 2.59 bits per heavy atom. The summed E-state index contributed by atoms with van der Waals surface area (Å²) >= 11 is 0. The van der Waals surface area contributed by atoms with Crippen LogP contribution >= 0.6 is 0 Å². The van der Waals surface area contributed by atoms with Crippen LogP contribution in [0.4, 0.5) is 4.39 Å². The van der Waals surface area contributed by atoms with Crippen molar-refractivity contribution >= 4 is 10.8 Å². The predicted octanol–water partition coefficient (Wildman–Crippen LogP) is 2.71. The summed E-state index contributed by atoms with van der Waals surface area (Å²) in [5.74, 6) is -0.381. The second kappa shape index (κ2) is 6.87. The van der Waals surface area contributed by atoms with E-state index in [0.29, 0.717) is 10.9 Å². The second-order valence-electron chi connectivity index (χ2n) is 4.23. The van der Waals surface area contributed by atoms with Crippen molar-refractivity contribution in [3.63, 3.8) is 0 Å². The van der Waals surface area contributed by atoms with E-state index in [1.807, 2.05) is 13.8 Å². The molecule has 0 amide bonds. The maximum atomic E-state index is 13.5. The van der Waals surface area contributed by atoms with Gasteiger partial charge in [0.05, 0.1) is 15.7 Å². The fourth-order valence-electron chi connectivity index (χ4n) is 1.84. The Hall–Kier alpha value is -0.740. The van der Waals surface area contributed by atoms with E-state index in [1.165, 1.54) is 6.07 Å². The normalized spacial score (nSPS) is 16.5. The van der Waals surface area contributed by atoms with Crippen molar-refractivity contribution in [2.75, 3.05) is 6.54 Å². The molecule has 0 aromatic heterocycles. The molecule has 1 N–H and O–H groups in total. The third-order valence-electron chi connectivity index (χ3n) is 2.66. The highest BCUT2D eigenvalue weighted by atomic mass is 32.2. The Balaban J connectivity index is 2.67. The minimum atomic E-state index is -1.28. The van der Waals surface area contributed by atoms with Gasteiger partial charge in [-0.25, -0.2) is 4.39 Å². The first-order chi connectivity index (χ1) is 8.06. The van der Waals surface area contributed by atoms with Gasteiger partial charge in [0.25, 0.3) is 0 Å². The van der Waals surface area contributed by atoms with Crippen molar-refractivity contribution in [1.29, 1.82) is 0 Å². The molecule has 0 bridgehead atoms. The third kappa shape index (κ3) is 4.21. The smallest absolute Gasteiger partial charge is 0.139 e. The summed E-state index contributed by atoms with van der Waals surface area (Å²) in [6.45, 7) is 6.88. The number of nitrogens with one attached hydrogen (secondary N) is 1. The molecule has 0 fully saturated rings. The summed E-state index contributed by atoms with van der Waals surface area (Å²) in [5.41, 5.74) is 0. The lowest BCUT2D eigenvalue weighted by atomic mass is 10.2. The molecule has 1 aromatic carbocycles. The van der Waals surface area contributed by atoms with Gasteiger partial charge in [-0.15, -0.1) is 0 Å².